The lowest BCUT2D eigenvalue weighted by molar-refractivity contribution is -0.167. The molecule has 0 spiro atoms. The molecule has 0 amide bonds. The van der Waals surface area contributed by atoms with Crippen LogP contribution in [0, 0.1) is 0 Å². The van der Waals surface area contributed by atoms with E-state index in [1.165, 1.54) is 238 Å². The van der Waals surface area contributed by atoms with Crippen LogP contribution in [0.3, 0.4) is 0 Å². The van der Waals surface area contributed by atoms with Gasteiger partial charge in [-0.2, -0.15) is 0 Å². The average Bonchev–Trinajstić information content (AvgIpc) is 3.41. The van der Waals surface area contributed by atoms with Gasteiger partial charge in [0.2, 0.25) is 0 Å². The van der Waals surface area contributed by atoms with Crippen molar-refractivity contribution in [2.24, 2.45) is 0 Å². The van der Waals surface area contributed by atoms with E-state index >= 15 is 0 Å². The van der Waals surface area contributed by atoms with Gasteiger partial charge < -0.3 is 14.2 Å². The van der Waals surface area contributed by atoms with Gasteiger partial charge in [-0.3, -0.25) is 14.4 Å². The van der Waals surface area contributed by atoms with Crippen LogP contribution in [0.4, 0.5) is 0 Å². The summed E-state index contributed by atoms with van der Waals surface area (Å²) >= 11 is 0. The van der Waals surface area contributed by atoms with Crippen LogP contribution in [0.2, 0.25) is 0 Å². The first-order valence-corrected chi connectivity index (χ1v) is 33.1. The van der Waals surface area contributed by atoms with E-state index in [0.717, 1.165) is 77.0 Å². The predicted octanol–water partition coefficient (Wildman–Crippen LogP) is 22.6. The number of unbranched alkanes of at least 4 members (excludes halogenated alkanes) is 42. The molecular weight excluding hydrogens is 925 g/mol. The molecule has 0 rings (SSSR count). The lowest BCUT2D eigenvalue weighted by atomic mass is 10.0. The van der Waals surface area contributed by atoms with E-state index in [0.29, 0.717) is 19.3 Å². The van der Waals surface area contributed by atoms with Gasteiger partial charge in [0, 0.05) is 19.3 Å². The van der Waals surface area contributed by atoms with E-state index in [1.807, 2.05) is 0 Å². The zero-order valence-corrected chi connectivity index (χ0v) is 50.3. The molecule has 0 heterocycles. The molecule has 6 heteroatoms. The number of ether oxygens (including phenoxy) is 3. The quantitative estimate of drug-likeness (QED) is 0.0261. The largest absolute Gasteiger partial charge is 0.462 e. The summed E-state index contributed by atoms with van der Waals surface area (Å²) in [5.74, 6) is -0.861. The third-order valence-corrected chi connectivity index (χ3v) is 14.8. The van der Waals surface area contributed by atoms with E-state index in [1.54, 1.807) is 0 Å². The number of allylic oxidation sites excluding steroid dienone is 8. The molecular formula is C69H126O6. The molecule has 0 aliphatic heterocycles. The number of rotatable bonds is 61. The van der Waals surface area contributed by atoms with E-state index in [2.05, 4.69) is 69.4 Å². The topological polar surface area (TPSA) is 78.9 Å². The van der Waals surface area contributed by atoms with Gasteiger partial charge in [-0.05, 0) is 83.5 Å². The molecule has 0 radical (unpaired) electrons. The smallest absolute Gasteiger partial charge is 0.306 e. The number of carbonyl (C=O) groups excluding carboxylic acids is 3. The van der Waals surface area contributed by atoms with E-state index in [-0.39, 0.29) is 31.1 Å². The zero-order valence-electron chi connectivity index (χ0n) is 50.3. The SMILES string of the molecule is CCCCCCC/C=C\C/C=C\C/C=C\CCCCCCCCCCCCCCCCCCC(=O)OCC(COC(=O)CCCCCCCCCCCCC)OC(=O)CCCCCCC/C=C\CCCCCCCC. The molecule has 0 aromatic heterocycles. The fraction of sp³-hybridized carbons (Fsp3) is 0.841. The lowest BCUT2D eigenvalue weighted by Crippen LogP contribution is -2.30. The summed E-state index contributed by atoms with van der Waals surface area (Å²) in [6.45, 7) is 6.65. The first-order valence-electron chi connectivity index (χ1n) is 33.1. The second kappa shape index (κ2) is 63.9. The highest BCUT2D eigenvalue weighted by Crippen LogP contribution is 2.17. The Hall–Kier alpha value is -2.63. The predicted molar refractivity (Wildman–Crippen MR) is 325 cm³/mol. The number of carbonyl (C=O) groups is 3. The number of esters is 3. The third kappa shape index (κ3) is 62.1. The molecule has 0 saturated carbocycles. The van der Waals surface area contributed by atoms with Crippen molar-refractivity contribution in [3.63, 3.8) is 0 Å². The Kier molecular flexibility index (Phi) is 61.7. The maximum Gasteiger partial charge on any atom is 0.306 e. The van der Waals surface area contributed by atoms with E-state index in [9.17, 15) is 14.4 Å². The summed E-state index contributed by atoms with van der Waals surface area (Å²) in [6.07, 6.45) is 79.9. The normalized spacial score (nSPS) is 12.3. The van der Waals surface area contributed by atoms with Gasteiger partial charge in [0.1, 0.15) is 13.2 Å². The third-order valence-electron chi connectivity index (χ3n) is 14.8. The molecule has 0 aromatic carbocycles. The molecule has 0 aliphatic carbocycles. The summed E-state index contributed by atoms with van der Waals surface area (Å²) in [6, 6.07) is 0. The van der Waals surface area contributed by atoms with Crippen LogP contribution in [0.25, 0.3) is 0 Å². The number of hydrogen-bond acceptors (Lipinski definition) is 6. The first kappa shape index (κ1) is 72.4. The van der Waals surface area contributed by atoms with Crippen LogP contribution in [0.5, 0.6) is 0 Å². The van der Waals surface area contributed by atoms with Gasteiger partial charge in [0.05, 0.1) is 0 Å². The van der Waals surface area contributed by atoms with Crippen LogP contribution >= 0.6 is 0 Å². The van der Waals surface area contributed by atoms with Gasteiger partial charge in [-0.15, -0.1) is 0 Å². The fourth-order valence-corrected chi connectivity index (χ4v) is 9.80. The Balaban J connectivity index is 4.12. The highest BCUT2D eigenvalue weighted by molar-refractivity contribution is 5.71. The summed E-state index contributed by atoms with van der Waals surface area (Å²) in [5.41, 5.74) is 0. The summed E-state index contributed by atoms with van der Waals surface area (Å²) < 4.78 is 16.9. The van der Waals surface area contributed by atoms with Crippen molar-refractivity contribution in [3.8, 4) is 0 Å². The monoisotopic (exact) mass is 1050 g/mol. The van der Waals surface area contributed by atoms with Crippen LogP contribution < -0.4 is 0 Å². The van der Waals surface area contributed by atoms with Crippen LogP contribution in [0.1, 0.15) is 355 Å². The number of hydrogen-bond donors (Lipinski definition) is 0. The minimum atomic E-state index is -0.774. The molecule has 0 aliphatic rings. The molecule has 75 heavy (non-hydrogen) atoms. The van der Waals surface area contributed by atoms with Crippen molar-refractivity contribution < 1.29 is 28.6 Å². The van der Waals surface area contributed by atoms with Crippen molar-refractivity contribution >= 4 is 17.9 Å². The molecule has 0 saturated heterocycles. The van der Waals surface area contributed by atoms with Gasteiger partial charge >= 0.3 is 17.9 Å². The van der Waals surface area contributed by atoms with Crippen molar-refractivity contribution in [1.29, 1.82) is 0 Å². The van der Waals surface area contributed by atoms with Crippen LogP contribution in [-0.4, -0.2) is 37.2 Å². The molecule has 1 unspecified atom stereocenters. The Labute approximate surface area is 467 Å². The highest BCUT2D eigenvalue weighted by Gasteiger charge is 2.19. The second-order valence-corrected chi connectivity index (χ2v) is 22.4. The second-order valence-electron chi connectivity index (χ2n) is 22.4. The first-order chi connectivity index (χ1) is 37.0. The van der Waals surface area contributed by atoms with Gasteiger partial charge in [-0.25, -0.2) is 0 Å². The summed E-state index contributed by atoms with van der Waals surface area (Å²) in [7, 11) is 0. The molecule has 1 atom stereocenters. The van der Waals surface area contributed by atoms with Crippen LogP contribution in [0.15, 0.2) is 48.6 Å². The lowest BCUT2D eigenvalue weighted by Gasteiger charge is -2.18. The molecule has 0 fully saturated rings. The average molecular weight is 1050 g/mol. The Morgan fingerprint density at radius 2 is 0.480 bits per heavy atom. The van der Waals surface area contributed by atoms with Crippen LogP contribution in [-0.2, 0) is 28.6 Å². The summed E-state index contributed by atoms with van der Waals surface area (Å²) in [4.78, 5) is 38.2. The van der Waals surface area contributed by atoms with Gasteiger partial charge in [0.15, 0.2) is 6.10 Å². The summed E-state index contributed by atoms with van der Waals surface area (Å²) in [5, 5.41) is 0. The van der Waals surface area contributed by atoms with E-state index < -0.39 is 6.10 Å². The van der Waals surface area contributed by atoms with Crippen molar-refractivity contribution in [1.82, 2.24) is 0 Å². The maximum atomic E-state index is 12.9. The van der Waals surface area contributed by atoms with Crippen molar-refractivity contribution in [3.05, 3.63) is 48.6 Å². The van der Waals surface area contributed by atoms with Gasteiger partial charge in [0.25, 0.3) is 0 Å². The van der Waals surface area contributed by atoms with Crippen molar-refractivity contribution in [2.45, 2.75) is 361 Å². The minimum Gasteiger partial charge on any atom is -0.462 e. The molecule has 438 valence electrons. The van der Waals surface area contributed by atoms with Crippen molar-refractivity contribution in [2.75, 3.05) is 13.2 Å². The maximum absolute atomic E-state index is 12.9. The minimum absolute atomic E-state index is 0.0716. The Morgan fingerprint density at radius 1 is 0.267 bits per heavy atom. The Bertz CT molecular complexity index is 1300. The van der Waals surface area contributed by atoms with Gasteiger partial charge in [-0.1, -0.05) is 301 Å². The Morgan fingerprint density at radius 3 is 0.760 bits per heavy atom. The zero-order chi connectivity index (χ0) is 54.3. The molecule has 0 bridgehead atoms. The molecule has 0 aromatic rings. The van der Waals surface area contributed by atoms with E-state index in [4.69, 9.17) is 14.2 Å². The molecule has 6 nitrogen and oxygen atoms in total. The standard InChI is InChI=1S/C69H126O6/c1-4-7-10-13-16-19-22-24-26-27-28-29-30-31-32-33-34-35-36-37-38-39-40-41-43-44-47-50-53-56-59-62-68(71)74-65-66(64-73-67(70)61-58-55-52-49-46-21-18-15-12-9-6-3)75-69(72)63-60-57-54-51-48-45-42-25-23-20-17-14-11-8-5-2/h22,24-25,27-28,30-31,42,66H,4-21,23,26,29,32-41,43-65H2,1-3H3/b24-22-,28-27-,31-30-,42-25-. The fourth-order valence-electron chi connectivity index (χ4n) is 9.80. The highest BCUT2D eigenvalue weighted by atomic mass is 16.6. The molecule has 0 N–H and O–H groups in total.